The predicted molar refractivity (Wildman–Crippen MR) is 48.0 cm³/mol. The van der Waals surface area contributed by atoms with Gasteiger partial charge in [0, 0.05) is 6.42 Å². The summed E-state index contributed by atoms with van der Waals surface area (Å²) in [7, 11) is 0. The first kappa shape index (κ1) is 7.63. The van der Waals surface area contributed by atoms with E-state index < -0.39 is 0 Å². The van der Waals surface area contributed by atoms with E-state index in [-0.39, 0.29) is 4.32 Å². The van der Waals surface area contributed by atoms with Crippen LogP contribution in [0.2, 0.25) is 0 Å². The second-order valence-electron chi connectivity index (χ2n) is 2.41. The molecule has 0 heterocycles. The van der Waals surface area contributed by atoms with Gasteiger partial charge in [0.1, 0.15) is 0 Å². The Hall–Kier alpha value is -0.480. The molecule has 1 rings (SSSR count). The molecule has 0 aliphatic heterocycles. The van der Waals surface area contributed by atoms with Crippen molar-refractivity contribution in [3.8, 4) is 12.3 Å². The number of alkyl halides is 1. The summed E-state index contributed by atoms with van der Waals surface area (Å²) in [5.41, 5.74) is 0. The lowest BCUT2D eigenvalue weighted by molar-refractivity contribution is 0.756. The Bertz CT molecular complexity index is 207. The van der Waals surface area contributed by atoms with Gasteiger partial charge in [-0.2, -0.15) is 0 Å². The third kappa shape index (κ3) is 1.75. The molecule has 0 aromatic carbocycles. The molecule has 0 spiro atoms. The zero-order chi connectivity index (χ0) is 7.45. The number of halogens is 1. The van der Waals surface area contributed by atoms with Gasteiger partial charge in [0.05, 0.1) is 4.32 Å². The molecular weight excluding hydrogens is 188 g/mol. The Labute approximate surface area is 70.1 Å². The first-order chi connectivity index (χ1) is 4.77. The van der Waals surface area contributed by atoms with Crippen molar-refractivity contribution in [2.45, 2.75) is 17.2 Å². The number of hydrogen-bond donors (Lipinski definition) is 0. The van der Waals surface area contributed by atoms with Crippen LogP contribution >= 0.6 is 15.9 Å². The van der Waals surface area contributed by atoms with E-state index in [1.807, 2.05) is 12.2 Å². The summed E-state index contributed by atoms with van der Waals surface area (Å²) in [6.45, 7) is 0. The lowest BCUT2D eigenvalue weighted by Gasteiger charge is -2.20. The molecule has 1 heteroatoms. The van der Waals surface area contributed by atoms with Gasteiger partial charge in [-0.05, 0) is 6.42 Å². The van der Waals surface area contributed by atoms with Crippen LogP contribution in [0.25, 0.3) is 0 Å². The minimum atomic E-state index is 0.0382. The molecule has 1 aliphatic carbocycles. The average Bonchev–Trinajstić information content (AvgIpc) is 1.89. The highest BCUT2D eigenvalue weighted by Gasteiger charge is 2.21. The summed E-state index contributed by atoms with van der Waals surface area (Å²) in [6, 6.07) is 0. The molecule has 1 unspecified atom stereocenters. The second-order valence-corrected chi connectivity index (χ2v) is 3.99. The third-order valence-electron chi connectivity index (χ3n) is 1.50. The van der Waals surface area contributed by atoms with Gasteiger partial charge in [0.2, 0.25) is 0 Å². The van der Waals surface area contributed by atoms with Gasteiger partial charge in [0.25, 0.3) is 0 Å². The SMILES string of the molecule is C#CCC1(Br)C=CC=CC1. The Morgan fingerprint density at radius 3 is 2.90 bits per heavy atom. The first-order valence-corrected chi connectivity index (χ1v) is 4.03. The second kappa shape index (κ2) is 3.07. The topological polar surface area (TPSA) is 0 Å². The van der Waals surface area contributed by atoms with Crippen LogP contribution in [0.3, 0.4) is 0 Å². The maximum Gasteiger partial charge on any atom is 0.0583 e. The molecule has 10 heavy (non-hydrogen) atoms. The van der Waals surface area contributed by atoms with E-state index in [1.54, 1.807) is 0 Å². The largest absolute Gasteiger partial charge is 0.120 e. The Morgan fingerprint density at radius 2 is 2.40 bits per heavy atom. The fraction of sp³-hybridized carbons (Fsp3) is 0.333. The van der Waals surface area contributed by atoms with E-state index in [2.05, 4.69) is 34.0 Å². The van der Waals surface area contributed by atoms with E-state index in [0.717, 1.165) is 12.8 Å². The van der Waals surface area contributed by atoms with Gasteiger partial charge in [-0.15, -0.1) is 12.3 Å². The summed E-state index contributed by atoms with van der Waals surface area (Å²) in [6.07, 6.45) is 15.2. The maximum absolute atomic E-state index is 5.21. The van der Waals surface area contributed by atoms with Crippen LogP contribution in [-0.2, 0) is 0 Å². The summed E-state index contributed by atoms with van der Waals surface area (Å²) < 4.78 is 0.0382. The fourth-order valence-corrected chi connectivity index (χ4v) is 1.44. The highest BCUT2D eigenvalue weighted by molar-refractivity contribution is 9.10. The lowest BCUT2D eigenvalue weighted by Crippen LogP contribution is -2.16. The van der Waals surface area contributed by atoms with E-state index in [0.29, 0.717) is 0 Å². The molecule has 0 amide bonds. The van der Waals surface area contributed by atoms with E-state index in [1.165, 1.54) is 0 Å². The normalized spacial score (nSPS) is 30.0. The average molecular weight is 197 g/mol. The van der Waals surface area contributed by atoms with Crippen LogP contribution in [0.5, 0.6) is 0 Å². The van der Waals surface area contributed by atoms with Gasteiger partial charge < -0.3 is 0 Å². The van der Waals surface area contributed by atoms with E-state index in [4.69, 9.17) is 6.42 Å². The molecule has 0 N–H and O–H groups in total. The van der Waals surface area contributed by atoms with Gasteiger partial charge >= 0.3 is 0 Å². The van der Waals surface area contributed by atoms with Crippen molar-refractivity contribution < 1.29 is 0 Å². The summed E-state index contributed by atoms with van der Waals surface area (Å²) in [4.78, 5) is 0. The van der Waals surface area contributed by atoms with Gasteiger partial charge in [-0.25, -0.2) is 0 Å². The molecular formula is C9H9Br. The minimum absolute atomic E-state index is 0.0382. The number of hydrogen-bond acceptors (Lipinski definition) is 0. The smallest absolute Gasteiger partial charge is 0.0583 e. The zero-order valence-electron chi connectivity index (χ0n) is 5.68. The van der Waals surface area contributed by atoms with Gasteiger partial charge in [-0.3, -0.25) is 0 Å². The molecule has 0 nitrogen and oxygen atoms in total. The molecule has 0 aromatic heterocycles. The molecule has 52 valence electrons. The van der Waals surface area contributed by atoms with Crippen molar-refractivity contribution in [1.82, 2.24) is 0 Å². The standard InChI is InChI=1S/C9H9Br/c1-2-6-9(10)7-4-3-5-8-9/h1,3-5,7H,6,8H2. The summed E-state index contributed by atoms with van der Waals surface area (Å²) >= 11 is 3.58. The Kier molecular flexibility index (Phi) is 2.34. The maximum atomic E-state index is 5.21. The van der Waals surface area contributed by atoms with Crippen LogP contribution in [-0.4, -0.2) is 4.32 Å². The molecule has 0 saturated heterocycles. The number of rotatable bonds is 1. The van der Waals surface area contributed by atoms with Gasteiger partial charge in [0.15, 0.2) is 0 Å². The lowest BCUT2D eigenvalue weighted by atomic mass is 9.98. The predicted octanol–water partition coefficient (Wildman–Crippen LogP) is 2.66. The number of terminal acetylenes is 1. The quantitative estimate of drug-likeness (QED) is 0.447. The van der Waals surface area contributed by atoms with Crippen LogP contribution in [0, 0.1) is 12.3 Å². The monoisotopic (exact) mass is 196 g/mol. The molecule has 0 radical (unpaired) electrons. The van der Waals surface area contributed by atoms with Crippen LogP contribution in [0.1, 0.15) is 12.8 Å². The van der Waals surface area contributed by atoms with Crippen LogP contribution < -0.4 is 0 Å². The summed E-state index contributed by atoms with van der Waals surface area (Å²) in [5, 5.41) is 0. The van der Waals surface area contributed by atoms with Crippen molar-refractivity contribution in [2.24, 2.45) is 0 Å². The third-order valence-corrected chi connectivity index (χ3v) is 2.36. The van der Waals surface area contributed by atoms with E-state index >= 15 is 0 Å². The van der Waals surface area contributed by atoms with Crippen molar-refractivity contribution in [3.63, 3.8) is 0 Å². The molecule has 0 fully saturated rings. The minimum Gasteiger partial charge on any atom is -0.120 e. The number of allylic oxidation sites excluding steroid dienone is 4. The highest BCUT2D eigenvalue weighted by atomic mass is 79.9. The van der Waals surface area contributed by atoms with Crippen molar-refractivity contribution in [2.75, 3.05) is 0 Å². The Balaban J connectivity index is 2.63. The summed E-state index contributed by atoms with van der Waals surface area (Å²) in [5.74, 6) is 2.65. The first-order valence-electron chi connectivity index (χ1n) is 3.24. The molecule has 0 aromatic rings. The van der Waals surface area contributed by atoms with Crippen molar-refractivity contribution >= 4 is 15.9 Å². The fourth-order valence-electron chi connectivity index (χ4n) is 0.939. The zero-order valence-corrected chi connectivity index (χ0v) is 7.26. The molecule has 1 atom stereocenters. The van der Waals surface area contributed by atoms with Crippen molar-refractivity contribution in [3.05, 3.63) is 24.3 Å². The molecule has 0 saturated carbocycles. The highest BCUT2D eigenvalue weighted by Crippen LogP contribution is 2.30. The molecule has 1 aliphatic rings. The van der Waals surface area contributed by atoms with Crippen LogP contribution in [0.15, 0.2) is 24.3 Å². The molecule has 0 bridgehead atoms. The van der Waals surface area contributed by atoms with Crippen molar-refractivity contribution in [1.29, 1.82) is 0 Å². The van der Waals surface area contributed by atoms with E-state index in [9.17, 15) is 0 Å². The van der Waals surface area contributed by atoms with Crippen LogP contribution in [0.4, 0.5) is 0 Å². The van der Waals surface area contributed by atoms with Gasteiger partial charge in [-0.1, -0.05) is 40.2 Å². The Morgan fingerprint density at radius 1 is 1.60 bits per heavy atom.